The van der Waals surface area contributed by atoms with Crippen molar-refractivity contribution in [2.75, 3.05) is 32.7 Å². The van der Waals surface area contributed by atoms with Gasteiger partial charge in [0.15, 0.2) is 5.96 Å². The molecule has 1 fully saturated rings. The molecule has 150 valence electrons. The number of carbonyl (C=O) groups excluding carboxylic acids is 1. The van der Waals surface area contributed by atoms with Crippen molar-refractivity contribution in [3.8, 4) is 0 Å². The van der Waals surface area contributed by atoms with Gasteiger partial charge in [0.1, 0.15) is 11.4 Å². The van der Waals surface area contributed by atoms with E-state index in [1.165, 1.54) is 12.1 Å². The number of hydrogen-bond acceptors (Lipinski definition) is 5. The molecule has 0 aromatic heterocycles. The molecule has 0 aliphatic carbocycles. The van der Waals surface area contributed by atoms with Crippen LogP contribution in [0.25, 0.3) is 0 Å². The zero-order valence-electron chi connectivity index (χ0n) is 16.1. The van der Waals surface area contributed by atoms with Crippen molar-refractivity contribution < 1.29 is 13.9 Å². The molecule has 2 heterocycles. The molecule has 0 bridgehead atoms. The smallest absolute Gasteiger partial charge is 0.410 e. The van der Waals surface area contributed by atoms with Gasteiger partial charge in [-0.3, -0.25) is 4.99 Å². The highest BCUT2D eigenvalue weighted by Gasteiger charge is 2.36. The van der Waals surface area contributed by atoms with Crippen LogP contribution in [0.1, 0.15) is 26.3 Å². The quantitative estimate of drug-likeness (QED) is 0.663. The Labute approximate surface area is 177 Å². The van der Waals surface area contributed by atoms with Crippen LogP contribution in [-0.4, -0.2) is 66.2 Å². The summed E-state index contributed by atoms with van der Waals surface area (Å²) in [5.74, 6) is 0.675. The fourth-order valence-corrected chi connectivity index (χ4v) is 3.19. The Morgan fingerprint density at radius 1 is 1.30 bits per heavy atom. The molecule has 27 heavy (non-hydrogen) atoms. The van der Waals surface area contributed by atoms with Gasteiger partial charge in [-0.05, 0) is 44.9 Å². The maximum absolute atomic E-state index is 12.9. The zero-order chi connectivity index (χ0) is 18.7. The Balaban J connectivity index is 0.00000261. The molecule has 3 rings (SSSR count). The number of guanidine groups is 1. The topological polar surface area (TPSA) is 57.2 Å². The molecule has 1 aromatic carbocycles. The highest BCUT2D eigenvalue weighted by Crippen LogP contribution is 2.18. The van der Waals surface area contributed by atoms with Gasteiger partial charge in [-0.25, -0.2) is 9.18 Å². The predicted octanol–water partition coefficient (Wildman–Crippen LogP) is 2.87. The Kier molecular flexibility index (Phi) is 7.30. The number of nitrogens with one attached hydrogen (secondary N) is 1. The summed E-state index contributed by atoms with van der Waals surface area (Å²) in [6.07, 6.45) is 0.553. The van der Waals surface area contributed by atoms with Crippen LogP contribution < -0.4 is 5.32 Å². The monoisotopic (exact) mass is 490 g/mol. The summed E-state index contributed by atoms with van der Waals surface area (Å²) in [5, 5.41) is 3.37. The molecular weight excluding hydrogens is 462 g/mol. The Bertz CT molecular complexity index is 675. The lowest BCUT2D eigenvalue weighted by molar-refractivity contribution is 0.0137. The van der Waals surface area contributed by atoms with E-state index in [1.807, 2.05) is 20.8 Å². The second kappa shape index (κ2) is 9.07. The van der Waals surface area contributed by atoms with Gasteiger partial charge in [0.2, 0.25) is 0 Å². The van der Waals surface area contributed by atoms with E-state index in [1.54, 1.807) is 17.0 Å². The van der Waals surface area contributed by atoms with Crippen molar-refractivity contribution in [2.24, 2.45) is 4.99 Å². The van der Waals surface area contributed by atoms with Gasteiger partial charge in [-0.15, -0.1) is 24.0 Å². The number of carbonyl (C=O) groups is 1. The van der Waals surface area contributed by atoms with E-state index in [-0.39, 0.29) is 41.9 Å². The molecule has 2 aliphatic heterocycles. The molecule has 0 spiro atoms. The third kappa shape index (κ3) is 5.95. The molecule has 1 atom stereocenters. The van der Waals surface area contributed by atoms with Crippen molar-refractivity contribution in [3.63, 3.8) is 0 Å². The van der Waals surface area contributed by atoms with E-state index in [0.717, 1.165) is 31.0 Å². The molecule has 6 nitrogen and oxygen atoms in total. The van der Waals surface area contributed by atoms with Crippen LogP contribution >= 0.6 is 24.0 Å². The van der Waals surface area contributed by atoms with Gasteiger partial charge in [-0.2, -0.15) is 0 Å². The van der Waals surface area contributed by atoms with Crippen molar-refractivity contribution in [1.82, 2.24) is 15.1 Å². The van der Waals surface area contributed by atoms with Gasteiger partial charge in [0.25, 0.3) is 0 Å². The number of rotatable bonds is 3. The fourth-order valence-electron chi connectivity index (χ4n) is 3.19. The van der Waals surface area contributed by atoms with Gasteiger partial charge >= 0.3 is 6.09 Å². The SMILES string of the molecule is CC(C)(C)OC(=O)N1CCN2C(NCCc3ccc(F)cc3)=NCC2C1.I. The van der Waals surface area contributed by atoms with Crippen LogP contribution in [0.4, 0.5) is 9.18 Å². The highest BCUT2D eigenvalue weighted by atomic mass is 127. The number of halogens is 2. The first-order valence-corrected chi connectivity index (χ1v) is 9.09. The number of benzene rings is 1. The van der Waals surface area contributed by atoms with E-state index in [9.17, 15) is 9.18 Å². The molecule has 1 N–H and O–H groups in total. The molecule has 1 aromatic rings. The average molecular weight is 490 g/mol. The van der Waals surface area contributed by atoms with Gasteiger partial charge in [0, 0.05) is 26.2 Å². The maximum Gasteiger partial charge on any atom is 0.410 e. The number of hydrogen-bond donors (Lipinski definition) is 1. The Morgan fingerprint density at radius 2 is 2.00 bits per heavy atom. The number of nitrogens with zero attached hydrogens (tertiary/aromatic N) is 3. The molecule has 0 saturated carbocycles. The molecule has 8 heteroatoms. The first-order chi connectivity index (χ1) is 12.3. The third-order valence-corrected chi connectivity index (χ3v) is 4.47. The van der Waals surface area contributed by atoms with Crippen LogP contribution in [0.5, 0.6) is 0 Å². The summed E-state index contributed by atoms with van der Waals surface area (Å²) < 4.78 is 18.4. The number of ether oxygens (including phenoxy) is 1. The second-order valence-electron chi connectivity index (χ2n) is 7.74. The number of aliphatic imine (C=N–C) groups is 1. The molecule has 2 aliphatic rings. The summed E-state index contributed by atoms with van der Waals surface area (Å²) in [5.41, 5.74) is 0.608. The standard InChI is InChI=1S/C19H27FN4O2.HI/c1-19(2,3)26-18(25)23-10-11-24-16(13-23)12-22-17(24)21-9-8-14-4-6-15(20)7-5-14;/h4-7,16H,8-13H2,1-3H3,(H,21,22);1H. The highest BCUT2D eigenvalue weighted by molar-refractivity contribution is 14.0. The van der Waals surface area contributed by atoms with Crippen LogP contribution in [0, 0.1) is 5.82 Å². The second-order valence-corrected chi connectivity index (χ2v) is 7.74. The summed E-state index contributed by atoms with van der Waals surface area (Å²) in [6, 6.07) is 6.76. The average Bonchev–Trinajstić information content (AvgIpc) is 2.97. The zero-order valence-corrected chi connectivity index (χ0v) is 18.4. The Hall–Kier alpha value is -1.58. The lowest BCUT2D eigenvalue weighted by atomic mass is 10.1. The lowest BCUT2D eigenvalue weighted by Gasteiger charge is -2.39. The Morgan fingerprint density at radius 3 is 2.67 bits per heavy atom. The van der Waals surface area contributed by atoms with Crippen LogP contribution in [0.2, 0.25) is 0 Å². The van der Waals surface area contributed by atoms with Gasteiger partial charge in [-0.1, -0.05) is 12.1 Å². The van der Waals surface area contributed by atoms with Gasteiger partial charge < -0.3 is 19.9 Å². The third-order valence-electron chi connectivity index (χ3n) is 4.47. The van der Waals surface area contributed by atoms with E-state index < -0.39 is 5.60 Å². The van der Waals surface area contributed by atoms with E-state index in [4.69, 9.17) is 4.74 Å². The normalized spacial score (nSPS) is 19.1. The number of fused-ring (bicyclic) bond motifs is 1. The number of amides is 1. The first-order valence-electron chi connectivity index (χ1n) is 9.09. The largest absolute Gasteiger partial charge is 0.444 e. The van der Waals surface area contributed by atoms with Crippen molar-refractivity contribution in [1.29, 1.82) is 0 Å². The fraction of sp³-hybridized carbons (Fsp3) is 0.579. The van der Waals surface area contributed by atoms with Crippen LogP contribution in [-0.2, 0) is 11.2 Å². The van der Waals surface area contributed by atoms with Crippen LogP contribution in [0.3, 0.4) is 0 Å². The summed E-state index contributed by atoms with van der Waals surface area (Å²) >= 11 is 0. The predicted molar refractivity (Wildman–Crippen MR) is 114 cm³/mol. The van der Waals surface area contributed by atoms with E-state index in [2.05, 4.69) is 15.2 Å². The molecule has 1 saturated heterocycles. The minimum Gasteiger partial charge on any atom is -0.444 e. The van der Waals surface area contributed by atoms with Gasteiger partial charge in [0.05, 0.1) is 12.6 Å². The summed E-state index contributed by atoms with van der Waals surface area (Å²) in [4.78, 5) is 20.8. The minimum atomic E-state index is -0.479. The lowest BCUT2D eigenvalue weighted by Crippen LogP contribution is -2.57. The molecule has 0 radical (unpaired) electrons. The maximum atomic E-state index is 12.9. The summed E-state index contributed by atoms with van der Waals surface area (Å²) in [7, 11) is 0. The van der Waals surface area contributed by atoms with Crippen molar-refractivity contribution in [3.05, 3.63) is 35.6 Å². The van der Waals surface area contributed by atoms with Crippen molar-refractivity contribution >= 4 is 36.0 Å². The van der Waals surface area contributed by atoms with Crippen LogP contribution in [0.15, 0.2) is 29.3 Å². The first kappa shape index (κ1) is 21.7. The molecule has 1 amide bonds. The number of piperazine rings is 1. The molecule has 1 unspecified atom stereocenters. The summed E-state index contributed by atoms with van der Waals surface area (Å²) in [6.45, 7) is 9.05. The van der Waals surface area contributed by atoms with Crippen molar-refractivity contribution in [2.45, 2.75) is 38.8 Å². The van der Waals surface area contributed by atoms with E-state index in [0.29, 0.717) is 19.6 Å². The minimum absolute atomic E-state index is 0. The molecular formula is C19H28FIN4O2. The van der Waals surface area contributed by atoms with E-state index >= 15 is 0 Å².